The van der Waals surface area contributed by atoms with E-state index in [9.17, 15) is 28.8 Å². The smallest absolute Gasteiger partial charge is 0.245 e. The number of hydrogen-bond donors (Lipinski definition) is 3. The normalized spacial score (nSPS) is 22.8. The first kappa shape index (κ1) is 44.3. The number of nitrogens with zero attached hydrogens (tertiary/aromatic N) is 3. The lowest BCUT2D eigenvalue weighted by atomic mass is 9.88. The molecule has 0 aliphatic carbocycles. The number of hydrogen-bond acceptors (Lipinski definition) is 9. The predicted molar refractivity (Wildman–Crippen MR) is 215 cm³/mol. The van der Waals surface area contributed by atoms with Gasteiger partial charge in [-0.25, -0.2) is 4.85 Å². The molecule has 1 aliphatic heterocycles. The summed E-state index contributed by atoms with van der Waals surface area (Å²) in [6.45, 7) is 12.2. The maximum atomic E-state index is 14.5. The summed E-state index contributed by atoms with van der Waals surface area (Å²) in [6.07, 6.45) is -0.338. The summed E-state index contributed by atoms with van der Waals surface area (Å²) < 4.78 is 16.1. The molecule has 15 heteroatoms. The number of carbonyl (C=O) groups is 6. The molecule has 1 heterocycles. The zero-order chi connectivity index (χ0) is 42.7. The second-order valence-electron chi connectivity index (χ2n) is 14.4. The van der Waals surface area contributed by atoms with E-state index in [1.165, 1.54) is 72.1 Å². The number of carbonyl (C=O) groups excluding carboxylic acids is 6. The second kappa shape index (κ2) is 20.1. The number of ether oxygens (including phenoxy) is 3. The summed E-state index contributed by atoms with van der Waals surface area (Å²) in [6, 6.07) is 13.4. The monoisotopic (exact) mass is 796 g/mol. The van der Waals surface area contributed by atoms with Crippen LogP contribution in [-0.2, 0) is 48.0 Å². The SMILES string of the molecule is [C-]#[N+]c1cc(OC)c(OC)cc1C[C@@H]1CC(=O)[C@H](Cc2ccccc2)N(C)C(=O)[C@H](C)NC(=O)[C@H](Cc2ccc(OC)cc2)N(C)C(=O)[C@H](C)NC(=O)[C@@H](C)NC1=O. The van der Waals surface area contributed by atoms with E-state index in [2.05, 4.69) is 20.8 Å². The fourth-order valence-corrected chi connectivity index (χ4v) is 6.86. The largest absolute Gasteiger partial charge is 0.497 e. The number of benzene rings is 3. The van der Waals surface area contributed by atoms with Gasteiger partial charge in [-0.3, -0.25) is 28.8 Å². The standard InChI is InChI=1S/C43H52N6O9/c1-25-39(51)46-26(2)43(55)49(6)35(20-29-15-17-32(56-7)18-16-29)41(53)47-27(3)42(54)48(5)34(19-28-13-11-10-12-14-28)36(50)22-31(40(52)45-25)21-30-23-37(57-8)38(58-9)24-33(30)44-4/h10-18,23-27,31,34-35H,19-22H2,1-3,5-9H3,(H,45,52)(H,46,51)(H,47,53)/t25-,26+,27+,31-,34+,35+/m1/s1. The van der Waals surface area contributed by atoms with Gasteiger partial charge in [-0.2, -0.15) is 0 Å². The molecule has 308 valence electrons. The van der Waals surface area contributed by atoms with E-state index in [1.54, 1.807) is 42.5 Å². The Morgan fingerprint density at radius 3 is 1.72 bits per heavy atom. The van der Waals surface area contributed by atoms with Gasteiger partial charge in [-0.1, -0.05) is 42.5 Å². The third kappa shape index (κ3) is 10.9. The Morgan fingerprint density at radius 2 is 1.16 bits per heavy atom. The van der Waals surface area contributed by atoms with Crippen molar-refractivity contribution in [3.63, 3.8) is 0 Å². The van der Waals surface area contributed by atoms with Crippen molar-refractivity contribution in [3.8, 4) is 17.2 Å². The molecule has 1 fully saturated rings. The van der Waals surface area contributed by atoms with Gasteiger partial charge >= 0.3 is 0 Å². The first-order chi connectivity index (χ1) is 27.6. The Bertz CT molecular complexity index is 2020. The van der Waals surface area contributed by atoms with Crippen LogP contribution in [0.2, 0.25) is 0 Å². The minimum Gasteiger partial charge on any atom is -0.497 e. The minimum absolute atomic E-state index is 0.0632. The van der Waals surface area contributed by atoms with E-state index in [-0.39, 0.29) is 31.4 Å². The van der Waals surface area contributed by atoms with Crippen LogP contribution in [0.3, 0.4) is 0 Å². The molecule has 0 bridgehead atoms. The lowest BCUT2D eigenvalue weighted by Crippen LogP contribution is -2.59. The van der Waals surface area contributed by atoms with E-state index in [0.717, 1.165) is 5.56 Å². The van der Waals surface area contributed by atoms with Crippen LogP contribution >= 0.6 is 0 Å². The maximum absolute atomic E-state index is 14.5. The highest BCUT2D eigenvalue weighted by Gasteiger charge is 2.37. The van der Waals surface area contributed by atoms with E-state index in [1.807, 2.05) is 18.2 Å². The number of nitrogens with one attached hydrogen (secondary N) is 3. The lowest BCUT2D eigenvalue weighted by Gasteiger charge is -2.33. The van der Waals surface area contributed by atoms with Gasteiger partial charge in [0.15, 0.2) is 17.2 Å². The highest BCUT2D eigenvalue weighted by molar-refractivity contribution is 5.98. The summed E-state index contributed by atoms with van der Waals surface area (Å²) in [4.78, 5) is 90.4. The van der Waals surface area contributed by atoms with Gasteiger partial charge in [0.25, 0.3) is 0 Å². The van der Waals surface area contributed by atoms with Gasteiger partial charge in [-0.05, 0) is 74.6 Å². The van der Waals surface area contributed by atoms with Gasteiger partial charge in [0.05, 0.1) is 33.9 Å². The average Bonchev–Trinajstić information content (AvgIpc) is 3.22. The van der Waals surface area contributed by atoms with Crippen molar-refractivity contribution in [2.24, 2.45) is 5.92 Å². The summed E-state index contributed by atoms with van der Waals surface area (Å²) in [5, 5.41) is 8.08. The predicted octanol–water partition coefficient (Wildman–Crippen LogP) is 3.05. The van der Waals surface area contributed by atoms with Crippen molar-refractivity contribution in [1.82, 2.24) is 25.8 Å². The van der Waals surface area contributed by atoms with Gasteiger partial charge in [0.2, 0.25) is 29.5 Å². The van der Waals surface area contributed by atoms with Gasteiger partial charge in [-0.15, -0.1) is 0 Å². The van der Waals surface area contributed by atoms with Gasteiger partial charge < -0.3 is 40.0 Å². The Hall–Kier alpha value is -6.43. The molecule has 3 N–H and O–H groups in total. The molecule has 3 aromatic carbocycles. The van der Waals surface area contributed by atoms with E-state index < -0.39 is 71.4 Å². The maximum Gasteiger partial charge on any atom is 0.245 e. The first-order valence-corrected chi connectivity index (χ1v) is 18.9. The zero-order valence-corrected chi connectivity index (χ0v) is 34.2. The van der Waals surface area contributed by atoms with Gasteiger partial charge in [0, 0.05) is 32.9 Å². The quantitative estimate of drug-likeness (QED) is 0.275. The number of Topliss-reactive ketones (excluding diaryl/α,β-unsaturated/α-hetero) is 1. The summed E-state index contributed by atoms with van der Waals surface area (Å²) in [7, 11) is 7.29. The number of methoxy groups -OCH3 is 3. The Morgan fingerprint density at radius 1 is 0.638 bits per heavy atom. The number of amides is 5. The Labute approximate surface area is 339 Å². The molecule has 1 aliphatic rings. The zero-order valence-electron chi connectivity index (χ0n) is 34.2. The first-order valence-electron chi connectivity index (χ1n) is 18.9. The number of ketones is 1. The van der Waals surface area contributed by atoms with Crippen LogP contribution in [0.5, 0.6) is 17.2 Å². The topological polar surface area (TPSA) is 177 Å². The second-order valence-corrected chi connectivity index (χ2v) is 14.4. The molecule has 0 radical (unpaired) electrons. The fourth-order valence-electron chi connectivity index (χ4n) is 6.86. The summed E-state index contributed by atoms with van der Waals surface area (Å²) in [5.74, 6) is -3.51. The molecule has 0 saturated carbocycles. The lowest BCUT2D eigenvalue weighted by molar-refractivity contribution is -0.144. The van der Waals surface area contributed by atoms with Crippen LogP contribution in [0.4, 0.5) is 5.69 Å². The molecule has 0 spiro atoms. The van der Waals surface area contributed by atoms with Crippen molar-refractivity contribution in [3.05, 3.63) is 94.8 Å². The van der Waals surface area contributed by atoms with Crippen LogP contribution < -0.4 is 30.2 Å². The molecule has 0 aromatic heterocycles. The highest BCUT2D eigenvalue weighted by atomic mass is 16.5. The molecular formula is C43H52N6O9. The Kier molecular flexibility index (Phi) is 15.4. The Balaban J connectivity index is 1.78. The van der Waals surface area contributed by atoms with Crippen molar-refractivity contribution >= 4 is 41.0 Å². The average molecular weight is 797 g/mol. The number of rotatable bonds is 9. The molecule has 58 heavy (non-hydrogen) atoms. The van der Waals surface area contributed by atoms with Crippen molar-refractivity contribution in [2.45, 2.75) is 76.7 Å². The summed E-state index contributed by atoms with van der Waals surface area (Å²) >= 11 is 0. The van der Waals surface area contributed by atoms with Crippen LogP contribution in [0, 0.1) is 12.5 Å². The third-order valence-corrected chi connectivity index (χ3v) is 10.4. The molecule has 5 amide bonds. The van der Waals surface area contributed by atoms with E-state index in [0.29, 0.717) is 28.4 Å². The molecule has 15 nitrogen and oxygen atoms in total. The van der Waals surface area contributed by atoms with E-state index >= 15 is 0 Å². The van der Waals surface area contributed by atoms with Crippen molar-refractivity contribution < 1.29 is 43.0 Å². The van der Waals surface area contributed by atoms with Crippen LogP contribution in [0.15, 0.2) is 66.7 Å². The molecule has 4 rings (SSSR count). The fraction of sp³-hybridized carbons (Fsp3) is 0.419. The van der Waals surface area contributed by atoms with Crippen LogP contribution in [0.1, 0.15) is 43.9 Å². The molecule has 3 aromatic rings. The van der Waals surface area contributed by atoms with Gasteiger partial charge in [0.1, 0.15) is 35.7 Å². The van der Waals surface area contributed by atoms with Crippen molar-refractivity contribution in [2.75, 3.05) is 35.4 Å². The molecule has 1 saturated heterocycles. The van der Waals surface area contributed by atoms with E-state index in [4.69, 9.17) is 20.8 Å². The van der Waals surface area contributed by atoms with Crippen LogP contribution in [0.25, 0.3) is 4.85 Å². The highest BCUT2D eigenvalue weighted by Crippen LogP contribution is 2.36. The molecule has 6 atom stereocenters. The number of likely N-dealkylation sites (N-methyl/N-ethyl adjacent to an activating group) is 2. The van der Waals surface area contributed by atoms with Crippen LogP contribution in [-0.4, -0.2) is 111 Å². The van der Waals surface area contributed by atoms with Crippen molar-refractivity contribution in [1.29, 1.82) is 0 Å². The minimum atomic E-state index is -1.17. The summed E-state index contributed by atoms with van der Waals surface area (Å²) in [5.41, 5.74) is 2.01. The third-order valence-electron chi connectivity index (χ3n) is 10.4. The molecule has 0 unspecified atom stereocenters. The molecular weight excluding hydrogens is 745 g/mol.